The number of carbonyl (C=O) groups is 6. The van der Waals surface area contributed by atoms with Crippen molar-refractivity contribution in [1.29, 1.82) is 0 Å². The molecule has 4 aliphatic heterocycles. The summed E-state index contributed by atoms with van der Waals surface area (Å²) in [5.41, 5.74) is 5.46. The first-order valence-corrected chi connectivity index (χ1v) is 21.1. The third-order valence-electron chi connectivity index (χ3n) is 12.0. The van der Waals surface area contributed by atoms with Gasteiger partial charge < -0.3 is 40.1 Å². The van der Waals surface area contributed by atoms with Crippen LogP contribution >= 0.6 is 0 Å². The summed E-state index contributed by atoms with van der Waals surface area (Å²) in [6, 6.07) is -2.09. The Morgan fingerprint density at radius 2 is 1.32 bits per heavy atom. The number of piperazine rings is 2. The summed E-state index contributed by atoms with van der Waals surface area (Å²) in [5.74, 6) is -0.281. The number of imide groups is 1. The maximum atomic E-state index is 14.0. The molecule has 0 aromatic heterocycles. The highest BCUT2D eigenvalue weighted by atomic mass is 16.6. The fourth-order valence-electron chi connectivity index (χ4n) is 8.63. The third-order valence-corrected chi connectivity index (χ3v) is 12.0. The van der Waals surface area contributed by atoms with Gasteiger partial charge in [0.1, 0.15) is 6.04 Å². The number of ether oxygens (including phenoxy) is 2. The molecule has 19 heteroatoms. The van der Waals surface area contributed by atoms with Gasteiger partial charge in [0.25, 0.3) is 0 Å². The molecule has 0 aromatic rings. The predicted octanol–water partition coefficient (Wildman–Crippen LogP) is 1.87. The molecule has 2 atom stereocenters. The van der Waals surface area contributed by atoms with E-state index in [1.807, 2.05) is 0 Å². The van der Waals surface area contributed by atoms with E-state index in [4.69, 9.17) is 15.2 Å². The molecule has 19 nitrogen and oxygen atoms in total. The molecule has 0 bridgehead atoms. The summed E-state index contributed by atoms with van der Waals surface area (Å²) < 4.78 is 11.0. The van der Waals surface area contributed by atoms with E-state index in [-0.39, 0.29) is 64.2 Å². The van der Waals surface area contributed by atoms with Crippen LogP contribution in [0.1, 0.15) is 83.5 Å². The number of amides is 8. The molecule has 5 fully saturated rings. The highest BCUT2D eigenvalue weighted by Crippen LogP contribution is 2.34. The topological polar surface area (TPSA) is 224 Å². The van der Waals surface area contributed by atoms with Gasteiger partial charge in [0, 0.05) is 72.0 Å². The highest BCUT2D eigenvalue weighted by Gasteiger charge is 2.56. The Hall–Kier alpha value is -4.84. The van der Waals surface area contributed by atoms with E-state index in [1.165, 1.54) is 17.7 Å². The Balaban J connectivity index is 1.07. The van der Waals surface area contributed by atoms with Crippen molar-refractivity contribution < 1.29 is 38.2 Å². The van der Waals surface area contributed by atoms with Gasteiger partial charge in [0.15, 0.2) is 5.96 Å². The zero-order valence-corrected chi connectivity index (χ0v) is 33.2. The van der Waals surface area contributed by atoms with Crippen LogP contribution in [-0.2, 0) is 19.1 Å². The van der Waals surface area contributed by atoms with Gasteiger partial charge in [-0.05, 0) is 56.8 Å². The van der Waals surface area contributed by atoms with Crippen LogP contribution in [-0.4, -0.2) is 164 Å². The van der Waals surface area contributed by atoms with Gasteiger partial charge in [0.05, 0.1) is 19.1 Å². The molecule has 2 saturated carbocycles. The Bertz CT molecular complexity index is 1460. The fourth-order valence-corrected chi connectivity index (χ4v) is 8.63. The number of rotatable bonds is 9. The maximum absolute atomic E-state index is 14.0. The number of primary amides is 1. The zero-order chi connectivity index (χ0) is 40.1. The number of β-lactam (4-membered cyclic amide) rings is 1. The average molecular weight is 800 g/mol. The molecule has 6 rings (SSSR count). The molecule has 3 saturated heterocycles. The molecule has 0 aromatic carbocycles. The summed E-state index contributed by atoms with van der Waals surface area (Å²) in [6.45, 7) is 5.04. The lowest BCUT2D eigenvalue weighted by Crippen LogP contribution is -2.72. The SMILES string of the molecule is NC(=O)N1CCN(C(=O)[C@@H]2[C@@H](CCCN=C(NC(=O)OCC3CCCCC3)NC(=O)OCC3CCCCC3)C(=O)N2C(=O)N2CCN(C3=NCCCN3)CC2)CC1. The Kier molecular flexibility index (Phi) is 15.1. The summed E-state index contributed by atoms with van der Waals surface area (Å²) >= 11 is 0. The van der Waals surface area contributed by atoms with Crippen molar-refractivity contribution in [1.82, 2.24) is 40.4 Å². The van der Waals surface area contributed by atoms with Gasteiger partial charge in [-0.25, -0.2) is 19.2 Å². The van der Waals surface area contributed by atoms with Crippen LogP contribution in [0.2, 0.25) is 0 Å². The van der Waals surface area contributed by atoms with Crippen molar-refractivity contribution in [2.24, 2.45) is 33.5 Å². The number of guanidine groups is 2. The molecule has 316 valence electrons. The van der Waals surface area contributed by atoms with Crippen LogP contribution < -0.4 is 21.7 Å². The van der Waals surface area contributed by atoms with Crippen LogP contribution in [0.25, 0.3) is 0 Å². The van der Waals surface area contributed by atoms with Gasteiger partial charge in [-0.1, -0.05) is 38.5 Å². The number of nitrogens with zero attached hydrogens (tertiary/aromatic N) is 7. The minimum atomic E-state index is -1.02. The molecule has 0 radical (unpaired) electrons. The molecule has 5 N–H and O–H groups in total. The number of nitrogens with one attached hydrogen (secondary N) is 3. The zero-order valence-electron chi connectivity index (χ0n) is 33.2. The fraction of sp³-hybridized carbons (Fsp3) is 0.789. The number of aliphatic imine (C=N–C) groups is 2. The van der Waals surface area contributed by atoms with E-state index in [2.05, 4.69) is 30.8 Å². The Labute approximate surface area is 334 Å². The number of urea groups is 2. The van der Waals surface area contributed by atoms with Gasteiger partial charge in [0.2, 0.25) is 17.8 Å². The number of likely N-dealkylation sites (tertiary alicyclic amines) is 1. The first-order chi connectivity index (χ1) is 27.7. The average Bonchev–Trinajstić information content (AvgIpc) is 3.24. The second kappa shape index (κ2) is 20.5. The van der Waals surface area contributed by atoms with Crippen LogP contribution in [0.4, 0.5) is 19.2 Å². The molecular formula is C38H61N11O8. The highest BCUT2D eigenvalue weighted by molar-refractivity contribution is 6.09. The number of carbonyl (C=O) groups excluding carboxylic acids is 6. The standard InChI is InChI=1S/C38H61N11O8/c39-33(52)46-19-17-45(18-20-46)32(51)30-29(31(50)49(30)38(55)48-23-21-47(22-24-48)35-41-15-8-16-42-35)13-7-14-40-34(43-36(53)56-25-27-9-3-1-4-10-27)44-37(54)57-26-28-11-5-2-6-12-28/h27-30H,1-26H2,(H2,39,52)(H,41,42)(H2,40,43,44,53,54)/t29-,30+/m1/s1. The van der Waals surface area contributed by atoms with E-state index >= 15 is 0 Å². The summed E-state index contributed by atoms with van der Waals surface area (Å²) in [6.07, 6.45) is 10.8. The molecular weight excluding hydrogens is 738 g/mol. The first-order valence-electron chi connectivity index (χ1n) is 21.1. The lowest BCUT2D eigenvalue weighted by Gasteiger charge is -2.49. The monoisotopic (exact) mass is 799 g/mol. The minimum Gasteiger partial charge on any atom is -0.449 e. The summed E-state index contributed by atoms with van der Waals surface area (Å²) in [7, 11) is 0. The number of nitrogens with two attached hydrogens (primary N) is 1. The van der Waals surface area contributed by atoms with Crippen molar-refractivity contribution >= 4 is 48.0 Å². The number of hydrogen-bond donors (Lipinski definition) is 4. The van der Waals surface area contributed by atoms with Crippen molar-refractivity contribution in [3.05, 3.63) is 0 Å². The van der Waals surface area contributed by atoms with Crippen LogP contribution in [0.15, 0.2) is 9.98 Å². The molecule has 6 aliphatic rings. The maximum Gasteiger partial charge on any atom is 0.413 e. The molecule has 8 amide bonds. The van der Waals surface area contributed by atoms with Crippen molar-refractivity contribution in [3.63, 3.8) is 0 Å². The number of alkyl carbamates (subject to hydrolysis) is 2. The Morgan fingerprint density at radius 1 is 0.754 bits per heavy atom. The lowest BCUT2D eigenvalue weighted by atomic mass is 9.82. The van der Waals surface area contributed by atoms with E-state index in [1.54, 1.807) is 9.80 Å². The van der Waals surface area contributed by atoms with E-state index in [0.717, 1.165) is 81.7 Å². The molecule has 4 heterocycles. The second-order valence-electron chi connectivity index (χ2n) is 16.0. The number of hydrogen-bond acceptors (Lipinski definition) is 12. The van der Waals surface area contributed by atoms with E-state index in [9.17, 15) is 28.8 Å². The molecule has 2 aliphatic carbocycles. The predicted molar refractivity (Wildman–Crippen MR) is 209 cm³/mol. The largest absolute Gasteiger partial charge is 0.449 e. The van der Waals surface area contributed by atoms with Crippen LogP contribution in [0.3, 0.4) is 0 Å². The first kappa shape index (κ1) is 41.8. The van der Waals surface area contributed by atoms with Gasteiger partial charge >= 0.3 is 24.2 Å². The Morgan fingerprint density at radius 3 is 1.86 bits per heavy atom. The van der Waals surface area contributed by atoms with Gasteiger partial charge in [-0.15, -0.1) is 0 Å². The van der Waals surface area contributed by atoms with Crippen LogP contribution in [0.5, 0.6) is 0 Å². The van der Waals surface area contributed by atoms with E-state index < -0.39 is 42.1 Å². The third kappa shape index (κ3) is 11.4. The van der Waals surface area contributed by atoms with Crippen molar-refractivity contribution in [2.75, 3.05) is 85.2 Å². The van der Waals surface area contributed by atoms with Gasteiger partial charge in [-0.2, -0.15) is 0 Å². The summed E-state index contributed by atoms with van der Waals surface area (Å²) in [4.78, 5) is 95.8. The normalized spacial score (nSPS) is 23.4. The van der Waals surface area contributed by atoms with Crippen LogP contribution in [0, 0.1) is 17.8 Å². The van der Waals surface area contributed by atoms with Gasteiger partial charge in [-0.3, -0.25) is 35.1 Å². The smallest absolute Gasteiger partial charge is 0.413 e. The van der Waals surface area contributed by atoms with Crippen molar-refractivity contribution in [3.8, 4) is 0 Å². The molecule has 0 spiro atoms. The summed E-state index contributed by atoms with van der Waals surface area (Å²) in [5, 5.41) is 8.41. The quantitative estimate of drug-likeness (QED) is 0.115. The molecule has 57 heavy (non-hydrogen) atoms. The second-order valence-corrected chi connectivity index (χ2v) is 16.0. The van der Waals surface area contributed by atoms with Crippen molar-refractivity contribution in [2.45, 2.75) is 89.5 Å². The van der Waals surface area contributed by atoms with E-state index in [0.29, 0.717) is 44.4 Å². The lowest BCUT2D eigenvalue weighted by molar-refractivity contribution is -0.164. The minimum absolute atomic E-state index is 0.0942. The molecule has 0 unspecified atom stereocenters.